The van der Waals surface area contributed by atoms with Gasteiger partial charge in [0.25, 0.3) is 0 Å². The van der Waals surface area contributed by atoms with Gasteiger partial charge >= 0.3 is 0 Å². The van der Waals surface area contributed by atoms with Crippen LogP contribution in [0.1, 0.15) is 12.8 Å². The SMILES string of the molecule is CN(C)CC(=O)NCCC1=CCNCC1. The summed E-state index contributed by atoms with van der Waals surface area (Å²) in [4.78, 5) is 13.2. The molecule has 1 rings (SSSR count). The van der Waals surface area contributed by atoms with E-state index in [0.717, 1.165) is 32.5 Å². The Morgan fingerprint density at radius 2 is 2.40 bits per heavy atom. The monoisotopic (exact) mass is 211 g/mol. The van der Waals surface area contributed by atoms with Crippen LogP contribution in [0.4, 0.5) is 0 Å². The van der Waals surface area contributed by atoms with Crippen LogP contribution in [-0.4, -0.2) is 51.1 Å². The second-order valence-corrected chi connectivity index (χ2v) is 4.15. The van der Waals surface area contributed by atoms with E-state index in [1.54, 1.807) is 0 Å². The zero-order valence-corrected chi connectivity index (χ0v) is 9.68. The molecular formula is C11H21N3O. The lowest BCUT2D eigenvalue weighted by Crippen LogP contribution is -2.34. The van der Waals surface area contributed by atoms with Crippen LogP contribution in [0.25, 0.3) is 0 Å². The van der Waals surface area contributed by atoms with Gasteiger partial charge in [0.2, 0.25) is 5.91 Å². The lowest BCUT2D eigenvalue weighted by molar-refractivity contribution is -0.121. The third-order valence-corrected chi connectivity index (χ3v) is 2.39. The van der Waals surface area contributed by atoms with Crippen molar-refractivity contribution in [2.24, 2.45) is 0 Å². The molecule has 1 heterocycles. The summed E-state index contributed by atoms with van der Waals surface area (Å²) in [5.74, 6) is 0.106. The van der Waals surface area contributed by atoms with Gasteiger partial charge in [-0.1, -0.05) is 11.6 Å². The highest BCUT2D eigenvalue weighted by Crippen LogP contribution is 2.07. The molecule has 0 spiro atoms. The summed E-state index contributed by atoms with van der Waals surface area (Å²) in [6.07, 6.45) is 4.33. The van der Waals surface area contributed by atoms with E-state index in [2.05, 4.69) is 16.7 Å². The average Bonchev–Trinajstić information content (AvgIpc) is 2.18. The summed E-state index contributed by atoms with van der Waals surface area (Å²) >= 11 is 0. The molecule has 0 atom stereocenters. The fraction of sp³-hybridized carbons (Fsp3) is 0.727. The Labute approximate surface area is 91.7 Å². The first-order valence-electron chi connectivity index (χ1n) is 5.48. The predicted molar refractivity (Wildman–Crippen MR) is 61.8 cm³/mol. The van der Waals surface area contributed by atoms with Gasteiger partial charge in [0, 0.05) is 13.1 Å². The van der Waals surface area contributed by atoms with E-state index < -0.39 is 0 Å². The number of likely N-dealkylation sites (N-methyl/N-ethyl adjacent to an activating group) is 1. The highest BCUT2D eigenvalue weighted by atomic mass is 16.1. The number of hydrogen-bond donors (Lipinski definition) is 2. The molecule has 15 heavy (non-hydrogen) atoms. The number of rotatable bonds is 5. The maximum atomic E-state index is 11.3. The number of amides is 1. The topological polar surface area (TPSA) is 44.4 Å². The van der Waals surface area contributed by atoms with Gasteiger partial charge in [-0.25, -0.2) is 0 Å². The highest BCUT2D eigenvalue weighted by Gasteiger charge is 2.04. The second-order valence-electron chi connectivity index (χ2n) is 4.15. The zero-order valence-electron chi connectivity index (χ0n) is 9.68. The summed E-state index contributed by atoms with van der Waals surface area (Å²) in [7, 11) is 3.80. The van der Waals surface area contributed by atoms with Gasteiger partial charge in [0.05, 0.1) is 6.54 Å². The fourth-order valence-electron chi connectivity index (χ4n) is 1.60. The van der Waals surface area contributed by atoms with E-state index in [-0.39, 0.29) is 5.91 Å². The zero-order chi connectivity index (χ0) is 11.1. The molecule has 0 bridgehead atoms. The molecule has 0 unspecified atom stereocenters. The Kier molecular flexibility index (Phi) is 5.36. The van der Waals surface area contributed by atoms with Gasteiger partial charge in [0.1, 0.15) is 0 Å². The molecule has 0 aromatic rings. The molecule has 4 nitrogen and oxygen atoms in total. The molecule has 2 N–H and O–H groups in total. The smallest absolute Gasteiger partial charge is 0.234 e. The molecule has 0 saturated carbocycles. The van der Waals surface area contributed by atoms with Crippen molar-refractivity contribution in [2.75, 3.05) is 40.3 Å². The normalized spacial score (nSPS) is 16.3. The maximum Gasteiger partial charge on any atom is 0.234 e. The Hall–Kier alpha value is -0.870. The van der Waals surface area contributed by atoms with E-state index in [4.69, 9.17) is 0 Å². The molecule has 0 fully saturated rings. The standard InChI is InChI=1S/C11H21N3O/c1-14(2)9-11(15)13-8-5-10-3-6-12-7-4-10/h3,12H,4-9H2,1-2H3,(H,13,15). The summed E-state index contributed by atoms with van der Waals surface area (Å²) in [5.41, 5.74) is 1.46. The van der Waals surface area contributed by atoms with Crippen molar-refractivity contribution in [3.05, 3.63) is 11.6 Å². The van der Waals surface area contributed by atoms with Crippen LogP contribution in [0.15, 0.2) is 11.6 Å². The van der Waals surface area contributed by atoms with Crippen LogP contribution in [0.3, 0.4) is 0 Å². The molecule has 1 aliphatic heterocycles. The van der Waals surface area contributed by atoms with Crippen LogP contribution >= 0.6 is 0 Å². The molecule has 86 valence electrons. The van der Waals surface area contributed by atoms with Crippen molar-refractivity contribution in [1.29, 1.82) is 0 Å². The molecule has 4 heteroatoms. The Balaban J connectivity index is 2.10. The van der Waals surface area contributed by atoms with Gasteiger partial charge in [-0.15, -0.1) is 0 Å². The average molecular weight is 211 g/mol. The summed E-state index contributed by atoms with van der Waals surface area (Å²) in [6, 6.07) is 0. The van der Waals surface area contributed by atoms with Crippen LogP contribution < -0.4 is 10.6 Å². The molecule has 0 radical (unpaired) electrons. The minimum atomic E-state index is 0.106. The Bertz CT molecular complexity index is 236. The Morgan fingerprint density at radius 1 is 1.60 bits per heavy atom. The highest BCUT2D eigenvalue weighted by molar-refractivity contribution is 5.77. The van der Waals surface area contributed by atoms with Crippen molar-refractivity contribution in [2.45, 2.75) is 12.8 Å². The van der Waals surface area contributed by atoms with Crippen molar-refractivity contribution in [3.63, 3.8) is 0 Å². The quantitative estimate of drug-likeness (QED) is 0.628. The molecule has 1 amide bonds. The summed E-state index contributed by atoms with van der Waals surface area (Å²) in [5, 5.41) is 6.19. The van der Waals surface area contributed by atoms with Gasteiger partial charge in [-0.2, -0.15) is 0 Å². The van der Waals surface area contributed by atoms with Crippen LogP contribution in [0.2, 0.25) is 0 Å². The molecule has 0 aromatic carbocycles. The maximum absolute atomic E-state index is 11.3. The van der Waals surface area contributed by atoms with Gasteiger partial charge in [-0.05, 0) is 33.5 Å². The Morgan fingerprint density at radius 3 is 3.00 bits per heavy atom. The van der Waals surface area contributed by atoms with Crippen molar-refractivity contribution in [1.82, 2.24) is 15.5 Å². The summed E-state index contributed by atoms with van der Waals surface area (Å²) < 4.78 is 0. The van der Waals surface area contributed by atoms with Gasteiger partial charge in [0.15, 0.2) is 0 Å². The number of nitrogens with zero attached hydrogens (tertiary/aromatic N) is 1. The molecular weight excluding hydrogens is 190 g/mol. The van der Waals surface area contributed by atoms with Gasteiger partial charge in [-0.3, -0.25) is 4.79 Å². The van der Waals surface area contributed by atoms with E-state index in [0.29, 0.717) is 6.54 Å². The molecule has 0 aromatic heterocycles. The second kappa shape index (κ2) is 6.58. The van der Waals surface area contributed by atoms with Crippen LogP contribution in [-0.2, 0) is 4.79 Å². The third kappa shape index (κ3) is 5.54. The van der Waals surface area contributed by atoms with E-state index in [1.165, 1.54) is 5.57 Å². The molecule has 1 aliphatic rings. The number of nitrogens with one attached hydrogen (secondary N) is 2. The molecule has 0 saturated heterocycles. The summed E-state index contributed by atoms with van der Waals surface area (Å²) in [6.45, 7) is 3.28. The lowest BCUT2D eigenvalue weighted by Gasteiger charge is -2.14. The number of carbonyl (C=O) groups excluding carboxylic acids is 1. The first-order chi connectivity index (χ1) is 7.18. The minimum absolute atomic E-state index is 0.106. The van der Waals surface area contributed by atoms with E-state index >= 15 is 0 Å². The molecule has 0 aliphatic carbocycles. The lowest BCUT2D eigenvalue weighted by atomic mass is 10.1. The number of hydrogen-bond acceptors (Lipinski definition) is 3. The van der Waals surface area contributed by atoms with Crippen LogP contribution in [0, 0.1) is 0 Å². The van der Waals surface area contributed by atoms with E-state index in [9.17, 15) is 4.79 Å². The third-order valence-electron chi connectivity index (χ3n) is 2.39. The first-order valence-corrected chi connectivity index (χ1v) is 5.48. The predicted octanol–water partition coefficient (Wildman–Crippen LogP) is -0.0260. The number of carbonyl (C=O) groups is 1. The largest absolute Gasteiger partial charge is 0.355 e. The van der Waals surface area contributed by atoms with Crippen molar-refractivity contribution >= 4 is 5.91 Å². The van der Waals surface area contributed by atoms with Crippen LogP contribution in [0.5, 0.6) is 0 Å². The fourth-order valence-corrected chi connectivity index (χ4v) is 1.60. The van der Waals surface area contributed by atoms with Crippen molar-refractivity contribution in [3.8, 4) is 0 Å². The first kappa shape index (κ1) is 12.2. The van der Waals surface area contributed by atoms with Crippen molar-refractivity contribution < 1.29 is 4.79 Å². The van der Waals surface area contributed by atoms with Gasteiger partial charge < -0.3 is 15.5 Å². The van der Waals surface area contributed by atoms with E-state index in [1.807, 2.05) is 19.0 Å². The minimum Gasteiger partial charge on any atom is -0.355 e.